The van der Waals surface area contributed by atoms with Crippen molar-refractivity contribution in [3.63, 3.8) is 0 Å². The first-order valence-corrected chi connectivity index (χ1v) is 10.9. The van der Waals surface area contributed by atoms with Crippen LogP contribution in [0.25, 0.3) is 22.6 Å². The number of imidazole rings is 1. The Kier molecular flexibility index (Phi) is 4.97. The van der Waals surface area contributed by atoms with E-state index in [0.29, 0.717) is 12.6 Å². The first-order valence-electron chi connectivity index (χ1n) is 10.9. The van der Waals surface area contributed by atoms with E-state index in [9.17, 15) is 0 Å². The molecule has 5 aromatic rings. The van der Waals surface area contributed by atoms with Crippen LogP contribution in [0.2, 0.25) is 0 Å². The highest BCUT2D eigenvalue weighted by atomic mass is 16.5. The molecule has 166 valence electrons. The van der Waals surface area contributed by atoms with E-state index < -0.39 is 0 Å². The number of likely N-dealkylation sites (tertiary alicyclic amines) is 1. The highest BCUT2D eigenvalue weighted by molar-refractivity contribution is 5.59. The molecule has 0 radical (unpaired) electrons. The van der Waals surface area contributed by atoms with Crippen molar-refractivity contribution in [2.24, 2.45) is 0 Å². The van der Waals surface area contributed by atoms with Gasteiger partial charge in [-0.25, -0.2) is 9.67 Å². The maximum atomic E-state index is 5.36. The zero-order chi connectivity index (χ0) is 22.2. The van der Waals surface area contributed by atoms with Crippen molar-refractivity contribution in [3.8, 4) is 16.9 Å². The Labute approximate surface area is 190 Å². The molecular weight excluding hydrogens is 416 g/mol. The zero-order valence-electron chi connectivity index (χ0n) is 18.3. The van der Waals surface area contributed by atoms with Gasteiger partial charge in [-0.1, -0.05) is 11.3 Å². The van der Waals surface area contributed by atoms with Crippen LogP contribution in [0.5, 0.6) is 0 Å². The van der Waals surface area contributed by atoms with Gasteiger partial charge in [0.1, 0.15) is 11.3 Å². The second kappa shape index (κ2) is 8.27. The highest BCUT2D eigenvalue weighted by Crippen LogP contribution is 2.20. The van der Waals surface area contributed by atoms with E-state index in [1.807, 2.05) is 46.2 Å². The maximum absolute atomic E-state index is 5.36. The van der Waals surface area contributed by atoms with Gasteiger partial charge in [-0.15, -0.1) is 5.10 Å². The molecule has 6 heterocycles. The summed E-state index contributed by atoms with van der Waals surface area (Å²) in [6, 6.07) is 10.2. The van der Waals surface area contributed by atoms with Gasteiger partial charge in [0.05, 0.1) is 36.4 Å². The van der Waals surface area contributed by atoms with Gasteiger partial charge in [-0.2, -0.15) is 0 Å². The summed E-state index contributed by atoms with van der Waals surface area (Å²) in [5, 5.41) is 8.65. The number of hydrogen-bond acceptors (Lipinski definition) is 6. The van der Waals surface area contributed by atoms with Crippen LogP contribution in [-0.2, 0) is 17.8 Å². The van der Waals surface area contributed by atoms with E-state index >= 15 is 0 Å². The van der Waals surface area contributed by atoms with Gasteiger partial charge in [0, 0.05) is 63.3 Å². The Balaban J connectivity index is 1.17. The van der Waals surface area contributed by atoms with Crippen molar-refractivity contribution in [2.45, 2.75) is 19.2 Å². The predicted octanol–water partition coefficient (Wildman–Crippen LogP) is 2.66. The molecule has 0 amide bonds. The highest BCUT2D eigenvalue weighted by Gasteiger charge is 2.26. The number of aromatic nitrogens is 7. The van der Waals surface area contributed by atoms with Crippen LogP contribution in [0.1, 0.15) is 11.3 Å². The van der Waals surface area contributed by atoms with E-state index in [1.54, 1.807) is 13.3 Å². The first kappa shape index (κ1) is 19.8. The van der Waals surface area contributed by atoms with Crippen molar-refractivity contribution in [2.75, 3.05) is 20.2 Å². The molecule has 0 atom stereocenters. The fraction of sp³-hybridized carbons (Fsp3) is 0.250. The summed E-state index contributed by atoms with van der Waals surface area (Å²) in [5.74, 6) is 0. The molecule has 1 fully saturated rings. The van der Waals surface area contributed by atoms with Gasteiger partial charge >= 0.3 is 0 Å². The molecule has 9 heteroatoms. The van der Waals surface area contributed by atoms with Crippen LogP contribution >= 0.6 is 0 Å². The van der Waals surface area contributed by atoms with E-state index in [4.69, 9.17) is 9.72 Å². The number of pyridine rings is 2. The van der Waals surface area contributed by atoms with Crippen LogP contribution in [0, 0.1) is 0 Å². The molecule has 1 aliphatic rings. The third kappa shape index (κ3) is 4.04. The van der Waals surface area contributed by atoms with Gasteiger partial charge < -0.3 is 13.7 Å². The number of methoxy groups -OCH3 is 1. The van der Waals surface area contributed by atoms with Gasteiger partial charge in [0.2, 0.25) is 0 Å². The first-order chi connectivity index (χ1) is 16.2. The van der Waals surface area contributed by atoms with Gasteiger partial charge in [-0.05, 0) is 29.8 Å². The number of rotatable bonds is 7. The summed E-state index contributed by atoms with van der Waals surface area (Å²) in [7, 11) is 1.77. The minimum Gasteiger partial charge on any atom is -0.379 e. The third-order valence-corrected chi connectivity index (χ3v) is 6.01. The molecule has 1 aliphatic heterocycles. The average Bonchev–Trinajstić information content (AvgIpc) is 3.56. The van der Waals surface area contributed by atoms with Crippen molar-refractivity contribution in [3.05, 3.63) is 85.0 Å². The lowest BCUT2D eigenvalue weighted by molar-refractivity contribution is -0.0334. The minimum absolute atomic E-state index is 0.369. The lowest BCUT2D eigenvalue weighted by Crippen LogP contribution is -2.50. The lowest BCUT2D eigenvalue weighted by atomic mass is 10.1. The van der Waals surface area contributed by atoms with E-state index in [1.165, 1.54) is 5.56 Å². The molecule has 0 saturated carbocycles. The Morgan fingerprint density at radius 2 is 1.91 bits per heavy atom. The van der Waals surface area contributed by atoms with Crippen molar-refractivity contribution in [1.82, 2.24) is 38.8 Å². The van der Waals surface area contributed by atoms with Crippen LogP contribution in [0.15, 0.2) is 73.7 Å². The normalized spacial score (nSPS) is 14.7. The van der Waals surface area contributed by atoms with E-state index in [2.05, 4.69) is 55.2 Å². The Bertz CT molecular complexity index is 1380. The smallest absolute Gasteiger partial charge is 0.137 e. The SMILES string of the molecule is COC1CN(Cc2ccc3nc(Cn4cc(-c5cncc(-n6cccc6)c5)nn4)cn3c2)C1. The molecule has 33 heavy (non-hydrogen) atoms. The van der Waals surface area contributed by atoms with Crippen molar-refractivity contribution in [1.29, 1.82) is 0 Å². The molecule has 0 bridgehead atoms. The molecule has 6 rings (SSSR count). The maximum Gasteiger partial charge on any atom is 0.137 e. The average molecular weight is 441 g/mol. The summed E-state index contributed by atoms with van der Waals surface area (Å²) >= 11 is 0. The topological polar surface area (TPSA) is 78.3 Å². The van der Waals surface area contributed by atoms with Crippen LogP contribution in [-0.4, -0.2) is 65.1 Å². The fourth-order valence-corrected chi connectivity index (χ4v) is 4.21. The quantitative estimate of drug-likeness (QED) is 0.387. The largest absolute Gasteiger partial charge is 0.379 e. The Morgan fingerprint density at radius 3 is 2.76 bits per heavy atom. The summed E-state index contributed by atoms with van der Waals surface area (Å²) < 4.78 is 11.3. The Morgan fingerprint density at radius 1 is 1.03 bits per heavy atom. The predicted molar refractivity (Wildman–Crippen MR) is 123 cm³/mol. The second-order valence-electron chi connectivity index (χ2n) is 8.41. The molecule has 1 saturated heterocycles. The molecule has 9 nitrogen and oxygen atoms in total. The molecule has 0 N–H and O–H groups in total. The van der Waals surface area contributed by atoms with E-state index in [0.717, 1.165) is 47.9 Å². The third-order valence-electron chi connectivity index (χ3n) is 6.01. The lowest BCUT2D eigenvalue weighted by Gasteiger charge is -2.38. The molecule has 0 spiro atoms. The van der Waals surface area contributed by atoms with Crippen molar-refractivity contribution < 1.29 is 4.74 Å². The fourth-order valence-electron chi connectivity index (χ4n) is 4.21. The van der Waals surface area contributed by atoms with Crippen LogP contribution < -0.4 is 0 Å². The number of nitrogens with zero attached hydrogens (tertiary/aromatic N) is 8. The van der Waals surface area contributed by atoms with Gasteiger partial charge in [0.15, 0.2) is 0 Å². The monoisotopic (exact) mass is 440 g/mol. The molecule has 0 aliphatic carbocycles. The summed E-state index contributed by atoms with van der Waals surface area (Å²) in [4.78, 5) is 11.5. The standard InChI is InChI=1S/C24H24N8O/c1-33-22-15-29(16-22)11-18-4-5-24-26-20(13-31(24)12-18)14-32-17-23(27-28-32)19-8-21(10-25-9-19)30-6-2-3-7-30/h2-10,12-13,17,22H,11,14-16H2,1H3. The second-order valence-corrected chi connectivity index (χ2v) is 8.41. The Hall–Kier alpha value is -3.82. The number of ether oxygens (including phenoxy) is 1. The molecule has 0 aromatic carbocycles. The summed E-state index contributed by atoms with van der Waals surface area (Å²) in [6.07, 6.45) is 14.1. The minimum atomic E-state index is 0.369. The summed E-state index contributed by atoms with van der Waals surface area (Å²) in [6.45, 7) is 3.45. The zero-order valence-corrected chi connectivity index (χ0v) is 18.3. The van der Waals surface area contributed by atoms with Gasteiger partial charge in [-0.3, -0.25) is 9.88 Å². The number of hydrogen-bond donors (Lipinski definition) is 0. The molecule has 0 unspecified atom stereocenters. The molecular formula is C24H24N8O. The van der Waals surface area contributed by atoms with Crippen LogP contribution in [0.4, 0.5) is 0 Å². The van der Waals surface area contributed by atoms with Gasteiger partial charge in [0.25, 0.3) is 0 Å². The van der Waals surface area contributed by atoms with Crippen LogP contribution in [0.3, 0.4) is 0 Å². The summed E-state index contributed by atoms with van der Waals surface area (Å²) in [5.41, 5.74) is 5.82. The van der Waals surface area contributed by atoms with Crippen molar-refractivity contribution >= 4 is 5.65 Å². The number of fused-ring (bicyclic) bond motifs is 1. The van der Waals surface area contributed by atoms with E-state index in [-0.39, 0.29) is 0 Å². The molecule has 5 aromatic heterocycles.